The average molecular weight is 424 g/mol. The van der Waals surface area contributed by atoms with E-state index in [2.05, 4.69) is 10.4 Å². The predicted octanol–water partition coefficient (Wildman–Crippen LogP) is 3.88. The Hall–Kier alpha value is -2.93. The van der Waals surface area contributed by atoms with E-state index in [1.54, 1.807) is 4.68 Å². The third kappa shape index (κ3) is 4.31. The lowest BCUT2D eigenvalue weighted by Gasteiger charge is -2.13. The third-order valence-corrected chi connectivity index (χ3v) is 6.78. The largest absolute Gasteiger partial charge is 0.310 e. The number of carbonyl (C=O) groups is 1. The topological polar surface area (TPSA) is 81.1 Å². The highest BCUT2D eigenvalue weighted by molar-refractivity contribution is 7.90. The molecule has 2 heterocycles. The van der Waals surface area contributed by atoms with E-state index in [1.807, 2.05) is 62.4 Å². The second-order valence-electron chi connectivity index (χ2n) is 7.90. The standard InChI is InChI=1S/C23H25N3O3S/c1-16-11-12-21(17(2)13-16)26-23(19-14-30(28,29)15-20(19)25-26)24-22(27)10-6-9-18-7-4-3-5-8-18/h3-5,7-8,11-13H,6,9-10,14-15H2,1-2H3,(H,24,27). The van der Waals surface area contributed by atoms with Gasteiger partial charge in [0.05, 0.1) is 22.9 Å². The molecule has 0 saturated carbocycles. The lowest BCUT2D eigenvalue weighted by molar-refractivity contribution is -0.116. The van der Waals surface area contributed by atoms with Crippen molar-refractivity contribution in [3.05, 3.63) is 76.5 Å². The van der Waals surface area contributed by atoms with Crippen LogP contribution in [0.2, 0.25) is 0 Å². The molecule has 3 aromatic rings. The Morgan fingerprint density at radius 3 is 2.60 bits per heavy atom. The molecular weight excluding hydrogens is 398 g/mol. The molecule has 0 spiro atoms. The Balaban J connectivity index is 1.57. The number of hydrogen-bond acceptors (Lipinski definition) is 4. The van der Waals surface area contributed by atoms with Crippen molar-refractivity contribution in [2.24, 2.45) is 0 Å². The minimum atomic E-state index is -3.22. The van der Waals surface area contributed by atoms with Gasteiger partial charge < -0.3 is 5.32 Å². The number of nitrogens with zero attached hydrogens (tertiary/aromatic N) is 2. The molecule has 0 unspecified atom stereocenters. The van der Waals surface area contributed by atoms with Crippen LogP contribution in [0, 0.1) is 13.8 Å². The smallest absolute Gasteiger partial charge is 0.225 e. The van der Waals surface area contributed by atoms with Crippen LogP contribution in [0.5, 0.6) is 0 Å². The lowest BCUT2D eigenvalue weighted by atomic mass is 10.1. The highest BCUT2D eigenvalue weighted by Gasteiger charge is 2.33. The maximum absolute atomic E-state index is 12.7. The molecule has 30 heavy (non-hydrogen) atoms. The van der Waals surface area contributed by atoms with E-state index in [-0.39, 0.29) is 17.4 Å². The number of nitrogens with one attached hydrogen (secondary N) is 1. The van der Waals surface area contributed by atoms with Crippen LogP contribution in [0.25, 0.3) is 5.69 Å². The van der Waals surface area contributed by atoms with Crippen molar-refractivity contribution in [2.45, 2.75) is 44.6 Å². The molecular formula is C23H25N3O3S. The van der Waals surface area contributed by atoms with E-state index in [9.17, 15) is 13.2 Å². The van der Waals surface area contributed by atoms with Gasteiger partial charge in [0.2, 0.25) is 5.91 Å². The van der Waals surface area contributed by atoms with Gasteiger partial charge in [-0.25, -0.2) is 13.1 Å². The second-order valence-corrected chi connectivity index (χ2v) is 9.96. The predicted molar refractivity (Wildman–Crippen MR) is 117 cm³/mol. The van der Waals surface area contributed by atoms with Crippen molar-refractivity contribution >= 4 is 21.6 Å². The van der Waals surface area contributed by atoms with Gasteiger partial charge in [-0.3, -0.25) is 4.79 Å². The quantitative estimate of drug-likeness (QED) is 0.652. The van der Waals surface area contributed by atoms with Gasteiger partial charge in [0.1, 0.15) is 5.82 Å². The van der Waals surface area contributed by atoms with Crippen LogP contribution in [-0.2, 0) is 32.6 Å². The van der Waals surface area contributed by atoms with E-state index < -0.39 is 9.84 Å². The number of anilines is 1. The molecule has 0 bridgehead atoms. The fourth-order valence-electron chi connectivity index (χ4n) is 3.88. The number of amides is 1. The molecule has 6 nitrogen and oxygen atoms in total. The van der Waals surface area contributed by atoms with Gasteiger partial charge >= 0.3 is 0 Å². The zero-order valence-electron chi connectivity index (χ0n) is 17.2. The Morgan fingerprint density at radius 1 is 1.10 bits per heavy atom. The van der Waals surface area contributed by atoms with Crippen LogP contribution >= 0.6 is 0 Å². The first-order valence-corrected chi connectivity index (χ1v) is 11.9. The molecule has 7 heteroatoms. The van der Waals surface area contributed by atoms with Crippen molar-refractivity contribution in [1.29, 1.82) is 0 Å². The fraction of sp³-hybridized carbons (Fsp3) is 0.304. The number of fused-ring (bicyclic) bond motifs is 1. The molecule has 4 rings (SSSR count). The zero-order valence-corrected chi connectivity index (χ0v) is 18.0. The van der Waals surface area contributed by atoms with E-state index in [4.69, 9.17) is 0 Å². The number of sulfone groups is 1. The Labute approximate surface area is 176 Å². The van der Waals surface area contributed by atoms with Crippen LogP contribution in [0.1, 0.15) is 40.8 Å². The maximum Gasteiger partial charge on any atom is 0.225 e. The summed E-state index contributed by atoms with van der Waals surface area (Å²) in [6.07, 6.45) is 1.89. The lowest BCUT2D eigenvalue weighted by Crippen LogP contribution is -2.17. The van der Waals surface area contributed by atoms with Crippen LogP contribution < -0.4 is 5.32 Å². The summed E-state index contributed by atoms with van der Waals surface area (Å²) in [4.78, 5) is 12.7. The minimum absolute atomic E-state index is 0.0862. The number of hydrogen-bond donors (Lipinski definition) is 1. The molecule has 0 atom stereocenters. The first kappa shape index (κ1) is 20.3. The summed E-state index contributed by atoms with van der Waals surface area (Å²) >= 11 is 0. The summed E-state index contributed by atoms with van der Waals surface area (Å²) < 4.78 is 25.9. The molecule has 1 amide bonds. The van der Waals surface area contributed by atoms with Crippen molar-refractivity contribution in [1.82, 2.24) is 9.78 Å². The van der Waals surface area contributed by atoms with Gasteiger partial charge in [0.15, 0.2) is 9.84 Å². The van der Waals surface area contributed by atoms with Crippen molar-refractivity contribution in [3.8, 4) is 5.69 Å². The molecule has 1 N–H and O–H groups in total. The molecule has 0 saturated heterocycles. The van der Waals surface area contributed by atoms with Crippen LogP contribution in [0.3, 0.4) is 0 Å². The molecule has 0 radical (unpaired) electrons. The first-order valence-electron chi connectivity index (χ1n) is 10.0. The Kier molecular flexibility index (Phi) is 5.47. The first-order chi connectivity index (χ1) is 14.3. The van der Waals surface area contributed by atoms with Crippen LogP contribution in [-0.4, -0.2) is 24.1 Å². The Morgan fingerprint density at radius 2 is 1.87 bits per heavy atom. The molecule has 1 aliphatic rings. The van der Waals surface area contributed by atoms with Gasteiger partial charge in [-0.15, -0.1) is 0 Å². The molecule has 156 valence electrons. The van der Waals surface area contributed by atoms with E-state index in [1.165, 1.54) is 5.56 Å². The number of carbonyl (C=O) groups excluding carboxylic acids is 1. The van der Waals surface area contributed by atoms with E-state index >= 15 is 0 Å². The monoisotopic (exact) mass is 423 g/mol. The summed E-state index contributed by atoms with van der Waals surface area (Å²) in [6, 6.07) is 16.0. The zero-order chi connectivity index (χ0) is 21.3. The van der Waals surface area contributed by atoms with Gasteiger partial charge in [0.25, 0.3) is 0 Å². The fourth-order valence-corrected chi connectivity index (χ4v) is 5.37. The molecule has 1 aliphatic heterocycles. The SMILES string of the molecule is Cc1ccc(-n2nc3c(c2NC(=O)CCCc2ccccc2)CS(=O)(=O)C3)c(C)c1. The van der Waals surface area contributed by atoms with Gasteiger partial charge in [-0.2, -0.15) is 5.10 Å². The van der Waals surface area contributed by atoms with Gasteiger partial charge in [-0.1, -0.05) is 48.0 Å². The summed E-state index contributed by atoms with van der Waals surface area (Å²) in [5.74, 6) is 0.163. The summed E-state index contributed by atoms with van der Waals surface area (Å²) in [5, 5.41) is 7.50. The Bertz CT molecular complexity index is 1200. The third-order valence-electron chi connectivity index (χ3n) is 5.34. The van der Waals surface area contributed by atoms with Crippen molar-refractivity contribution in [2.75, 3.05) is 5.32 Å². The number of rotatable bonds is 6. The summed E-state index contributed by atoms with van der Waals surface area (Å²) in [7, 11) is -3.22. The highest BCUT2D eigenvalue weighted by Crippen LogP contribution is 2.33. The maximum atomic E-state index is 12.7. The van der Waals surface area contributed by atoms with Crippen LogP contribution in [0.15, 0.2) is 48.5 Å². The number of aromatic nitrogens is 2. The van der Waals surface area contributed by atoms with Crippen molar-refractivity contribution < 1.29 is 13.2 Å². The summed E-state index contributed by atoms with van der Waals surface area (Å²) in [6.45, 7) is 4.00. The number of aryl methyl sites for hydroxylation is 3. The van der Waals surface area contributed by atoms with Crippen LogP contribution in [0.4, 0.5) is 5.82 Å². The normalized spacial score (nSPS) is 14.5. The molecule has 2 aromatic carbocycles. The van der Waals surface area contributed by atoms with Gasteiger partial charge in [0, 0.05) is 12.0 Å². The molecule has 1 aromatic heterocycles. The minimum Gasteiger partial charge on any atom is -0.310 e. The molecule has 0 fully saturated rings. The van der Waals surface area contributed by atoms with E-state index in [0.29, 0.717) is 29.9 Å². The molecule has 0 aliphatic carbocycles. The second kappa shape index (κ2) is 8.07. The summed E-state index contributed by atoms with van der Waals surface area (Å²) in [5.41, 5.74) is 5.30. The van der Waals surface area contributed by atoms with E-state index in [0.717, 1.165) is 23.2 Å². The highest BCUT2D eigenvalue weighted by atomic mass is 32.2. The van der Waals surface area contributed by atoms with Crippen molar-refractivity contribution in [3.63, 3.8) is 0 Å². The average Bonchev–Trinajstić information content (AvgIpc) is 3.15. The van der Waals surface area contributed by atoms with Gasteiger partial charge in [-0.05, 0) is 43.9 Å². The number of benzene rings is 2.